The predicted molar refractivity (Wildman–Crippen MR) is 72.4 cm³/mol. The van der Waals surface area contributed by atoms with Crippen molar-refractivity contribution in [1.82, 2.24) is 0 Å². The van der Waals surface area contributed by atoms with Crippen molar-refractivity contribution in [2.45, 2.75) is 26.9 Å². The molecule has 106 valence electrons. The van der Waals surface area contributed by atoms with Crippen LogP contribution in [0, 0.1) is 17.0 Å². The van der Waals surface area contributed by atoms with Crippen LogP contribution in [-0.4, -0.2) is 18.1 Å². The Labute approximate surface area is 112 Å². The summed E-state index contributed by atoms with van der Waals surface area (Å²) in [6, 6.07) is 4.47. The SMILES string of the molecule is CCOP(=O)(Cc1cc([N+](=O)[O-])ccc1C)OCC. The Kier molecular flexibility index (Phi) is 5.66. The summed E-state index contributed by atoms with van der Waals surface area (Å²) >= 11 is 0. The third-order valence-electron chi connectivity index (χ3n) is 2.56. The van der Waals surface area contributed by atoms with Crippen LogP contribution in [0.4, 0.5) is 5.69 Å². The first-order chi connectivity index (χ1) is 8.91. The minimum Gasteiger partial charge on any atom is -0.309 e. The molecule has 0 spiro atoms. The summed E-state index contributed by atoms with van der Waals surface area (Å²) in [6.07, 6.45) is 0.0438. The largest absolute Gasteiger partial charge is 0.335 e. The highest BCUT2D eigenvalue weighted by Gasteiger charge is 2.25. The molecule has 0 aromatic heterocycles. The summed E-state index contributed by atoms with van der Waals surface area (Å²) in [4.78, 5) is 10.3. The van der Waals surface area contributed by atoms with Gasteiger partial charge in [-0.3, -0.25) is 14.7 Å². The van der Waals surface area contributed by atoms with E-state index in [9.17, 15) is 14.7 Å². The van der Waals surface area contributed by atoms with E-state index in [2.05, 4.69) is 0 Å². The van der Waals surface area contributed by atoms with Crippen molar-refractivity contribution in [3.63, 3.8) is 0 Å². The number of aryl methyl sites for hydroxylation is 1. The van der Waals surface area contributed by atoms with E-state index >= 15 is 0 Å². The molecule has 0 atom stereocenters. The first-order valence-electron chi connectivity index (χ1n) is 6.04. The van der Waals surface area contributed by atoms with Gasteiger partial charge < -0.3 is 9.05 Å². The van der Waals surface area contributed by atoms with E-state index in [0.717, 1.165) is 5.56 Å². The first kappa shape index (κ1) is 15.8. The lowest BCUT2D eigenvalue weighted by Crippen LogP contribution is -2.01. The van der Waals surface area contributed by atoms with Crippen LogP contribution < -0.4 is 0 Å². The topological polar surface area (TPSA) is 78.7 Å². The van der Waals surface area contributed by atoms with E-state index in [1.807, 2.05) is 0 Å². The van der Waals surface area contributed by atoms with Gasteiger partial charge in [-0.1, -0.05) is 6.07 Å². The van der Waals surface area contributed by atoms with Crippen molar-refractivity contribution < 1.29 is 18.5 Å². The first-order valence-corrected chi connectivity index (χ1v) is 7.76. The lowest BCUT2D eigenvalue weighted by molar-refractivity contribution is -0.384. The van der Waals surface area contributed by atoms with Crippen molar-refractivity contribution in [2.75, 3.05) is 13.2 Å². The fourth-order valence-corrected chi connectivity index (χ4v) is 3.47. The van der Waals surface area contributed by atoms with Crippen LogP contribution in [0.2, 0.25) is 0 Å². The van der Waals surface area contributed by atoms with E-state index in [1.165, 1.54) is 12.1 Å². The summed E-state index contributed by atoms with van der Waals surface area (Å²) in [5, 5.41) is 10.8. The standard InChI is InChI=1S/C12H18NO5P/c1-4-17-19(16,18-5-2)9-11-8-12(13(14)15)7-6-10(11)3/h6-8H,4-5,9H2,1-3H3. The number of nitro groups is 1. The Hall–Kier alpha value is -1.23. The summed E-state index contributed by atoms with van der Waals surface area (Å²) in [6.45, 7) is 5.80. The zero-order valence-electron chi connectivity index (χ0n) is 11.3. The van der Waals surface area contributed by atoms with Crippen LogP contribution in [-0.2, 0) is 19.8 Å². The van der Waals surface area contributed by atoms with E-state index in [-0.39, 0.29) is 25.1 Å². The van der Waals surface area contributed by atoms with Gasteiger partial charge >= 0.3 is 7.60 Å². The molecule has 0 saturated heterocycles. The smallest absolute Gasteiger partial charge is 0.309 e. The zero-order valence-corrected chi connectivity index (χ0v) is 12.2. The average molecular weight is 287 g/mol. The Morgan fingerprint density at radius 1 is 1.26 bits per heavy atom. The molecule has 0 bridgehead atoms. The van der Waals surface area contributed by atoms with Crippen LogP contribution in [0.1, 0.15) is 25.0 Å². The van der Waals surface area contributed by atoms with Gasteiger partial charge in [0.15, 0.2) is 0 Å². The molecule has 7 heteroatoms. The van der Waals surface area contributed by atoms with Gasteiger partial charge in [0.25, 0.3) is 5.69 Å². The lowest BCUT2D eigenvalue weighted by Gasteiger charge is -2.17. The second kappa shape index (κ2) is 6.80. The van der Waals surface area contributed by atoms with Gasteiger partial charge in [-0.15, -0.1) is 0 Å². The molecular weight excluding hydrogens is 269 g/mol. The van der Waals surface area contributed by atoms with E-state index in [4.69, 9.17) is 9.05 Å². The predicted octanol–water partition coefficient (Wildman–Crippen LogP) is 3.67. The third-order valence-corrected chi connectivity index (χ3v) is 4.59. The fraction of sp³-hybridized carbons (Fsp3) is 0.500. The van der Waals surface area contributed by atoms with Crippen molar-refractivity contribution >= 4 is 13.3 Å². The van der Waals surface area contributed by atoms with Crippen LogP contribution >= 0.6 is 7.60 Å². The van der Waals surface area contributed by atoms with Gasteiger partial charge in [0.05, 0.1) is 24.3 Å². The fourth-order valence-electron chi connectivity index (χ4n) is 1.67. The molecule has 0 N–H and O–H groups in total. The van der Waals surface area contributed by atoms with Crippen LogP contribution in [0.3, 0.4) is 0 Å². The summed E-state index contributed by atoms with van der Waals surface area (Å²) in [5.74, 6) is 0. The van der Waals surface area contributed by atoms with Crippen molar-refractivity contribution in [3.8, 4) is 0 Å². The highest BCUT2D eigenvalue weighted by Crippen LogP contribution is 2.51. The van der Waals surface area contributed by atoms with Crippen LogP contribution in [0.15, 0.2) is 18.2 Å². The molecule has 1 rings (SSSR count). The summed E-state index contributed by atoms with van der Waals surface area (Å²) in [5.41, 5.74) is 1.41. The van der Waals surface area contributed by atoms with Gasteiger partial charge in [0.2, 0.25) is 0 Å². The monoisotopic (exact) mass is 287 g/mol. The van der Waals surface area contributed by atoms with Gasteiger partial charge in [0.1, 0.15) is 0 Å². The van der Waals surface area contributed by atoms with E-state index in [1.54, 1.807) is 26.8 Å². The number of non-ortho nitro benzene ring substituents is 1. The Balaban J connectivity index is 3.05. The quantitative estimate of drug-likeness (QED) is 0.434. The zero-order chi connectivity index (χ0) is 14.5. The number of nitrogens with zero attached hydrogens (tertiary/aromatic N) is 1. The molecule has 0 aliphatic carbocycles. The molecule has 0 radical (unpaired) electrons. The number of hydrogen-bond donors (Lipinski definition) is 0. The molecule has 0 saturated carbocycles. The van der Waals surface area contributed by atoms with Gasteiger partial charge in [-0.05, 0) is 31.9 Å². The van der Waals surface area contributed by atoms with Gasteiger partial charge in [-0.2, -0.15) is 0 Å². The minimum absolute atomic E-state index is 0.0276. The molecule has 6 nitrogen and oxygen atoms in total. The maximum atomic E-state index is 12.4. The number of benzene rings is 1. The van der Waals surface area contributed by atoms with Crippen molar-refractivity contribution in [2.24, 2.45) is 0 Å². The molecule has 0 aliphatic rings. The second-order valence-corrected chi connectivity index (χ2v) is 6.03. The normalized spacial score (nSPS) is 11.5. The highest BCUT2D eigenvalue weighted by atomic mass is 31.2. The molecule has 0 amide bonds. The van der Waals surface area contributed by atoms with Crippen molar-refractivity contribution in [3.05, 3.63) is 39.4 Å². The Bertz CT molecular complexity index is 493. The summed E-state index contributed by atoms with van der Waals surface area (Å²) in [7, 11) is -3.24. The van der Waals surface area contributed by atoms with E-state index < -0.39 is 12.5 Å². The van der Waals surface area contributed by atoms with Gasteiger partial charge in [-0.25, -0.2) is 0 Å². The molecule has 19 heavy (non-hydrogen) atoms. The molecule has 1 aromatic carbocycles. The number of rotatable bonds is 7. The highest BCUT2D eigenvalue weighted by molar-refractivity contribution is 7.53. The molecule has 0 aliphatic heterocycles. The number of nitro benzene ring substituents is 1. The maximum absolute atomic E-state index is 12.4. The third kappa shape index (κ3) is 4.42. The second-order valence-electron chi connectivity index (χ2n) is 3.97. The van der Waals surface area contributed by atoms with Crippen LogP contribution in [0.25, 0.3) is 0 Å². The molecule has 0 fully saturated rings. The van der Waals surface area contributed by atoms with Gasteiger partial charge in [0, 0.05) is 12.1 Å². The summed E-state index contributed by atoms with van der Waals surface area (Å²) < 4.78 is 22.8. The van der Waals surface area contributed by atoms with Crippen LogP contribution in [0.5, 0.6) is 0 Å². The average Bonchev–Trinajstić information content (AvgIpc) is 2.32. The molecular formula is C12H18NO5P. The van der Waals surface area contributed by atoms with Crippen molar-refractivity contribution in [1.29, 1.82) is 0 Å². The van der Waals surface area contributed by atoms with E-state index in [0.29, 0.717) is 5.56 Å². The molecule has 1 aromatic rings. The lowest BCUT2D eigenvalue weighted by atomic mass is 10.1. The molecule has 0 heterocycles. The molecule has 0 unspecified atom stereocenters. The Morgan fingerprint density at radius 2 is 1.84 bits per heavy atom. The Morgan fingerprint density at radius 3 is 2.32 bits per heavy atom. The number of hydrogen-bond acceptors (Lipinski definition) is 5. The minimum atomic E-state index is -3.24. The maximum Gasteiger partial charge on any atom is 0.335 e.